The van der Waals surface area contributed by atoms with E-state index in [1.807, 2.05) is 46.0 Å². The number of nitrogens with zero attached hydrogens (tertiary/aromatic N) is 3. The van der Waals surface area contributed by atoms with Gasteiger partial charge in [0, 0.05) is 37.5 Å². The zero-order chi connectivity index (χ0) is 19.6. The van der Waals surface area contributed by atoms with E-state index in [2.05, 4.69) is 15.4 Å². The predicted molar refractivity (Wildman–Crippen MR) is 106 cm³/mol. The molecule has 2 N–H and O–H groups in total. The Morgan fingerprint density at radius 1 is 1.48 bits per heavy atom. The average molecular weight is 369 g/mol. The molecule has 144 valence electrons. The van der Waals surface area contributed by atoms with Crippen LogP contribution in [0.2, 0.25) is 0 Å². The number of nitrogens with one attached hydrogen (secondary N) is 2. The summed E-state index contributed by atoms with van der Waals surface area (Å²) in [5, 5.41) is 15.0. The van der Waals surface area contributed by atoms with Crippen molar-refractivity contribution in [2.45, 2.75) is 51.7 Å². The number of hydrogen-bond acceptors (Lipinski definition) is 5. The van der Waals surface area contributed by atoms with Gasteiger partial charge in [-0.1, -0.05) is 0 Å². The second-order valence-electron chi connectivity index (χ2n) is 8.03. The number of aromatic nitrogens is 2. The molecule has 1 aliphatic rings. The standard InChI is InChI=1S/C20H27N5O2/c1-13(14-8-19(26)22-10-14)27-18-7-15(12-25-17(18)5-6-24-25)16(9-21)11-23-20(2,3)4/h5-7,9,11-14,16,21H,8,10H2,1-4H3,(H,22,26). The van der Waals surface area contributed by atoms with Gasteiger partial charge in [-0.05, 0) is 45.4 Å². The predicted octanol–water partition coefficient (Wildman–Crippen LogP) is 2.84. The second kappa shape index (κ2) is 7.50. The fourth-order valence-electron chi connectivity index (χ4n) is 3.08. The van der Waals surface area contributed by atoms with Crippen molar-refractivity contribution in [2.24, 2.45) is 10.9 Å². The molecule has 0 radical (unpaired) electrons. The molecule has 1 amide bonds. The van der Waals surface area contributed by atoms with Crippen molar-refractivity contribution in [1.82, 2.24) is 14.9 Å². The molecule has 3 heterocycles. The number of ether oxygens (including phenoxy) is 1. The van der Waals surface area contributed by atoms with Gasteiger partial charge in [0.25, 0.3) is 0 Å². The van der Waals surface area contributed by atoms with Crippen molar-refractivity contribution in [3.05, 3.63) is 30.1 Å². The number of aliphatic imine (C=N–C) groups is 1. The summed E-state index contributed by atoms with van der Waals surface area (Å²) in [6.45, 7) is 8.69. The fourth-order valence-corrected chi connectivity index (χ4v) is 3.08. The first-order valence-electron chi connectivity index (χ1n) is 9.23. The monoisotopic (exact) mass is 369 g/mol. The molecule has 27 heavy (non-hydrogen) atoms. The Kier molecular flexibility index (Phi) is 5.30. The molecule has 7 heteroatoms. The van der Waals surface area contributed by atoms with E-state index < -0.39 is 0 Å². The molecule has 3 atom stereocenters. The number of amides is 1. The molecule has 1 aliphatic heterocycles. The maximum absolute atomic E-state index is 11.5. The molecular formula is C20H27N5O2. The van der Waals surface area contributed by atoms with E-state index >= 15 is 0 Å². The first-order chi connectivity index (χ1) is 12.8. The number of rotatable bonds is 6. The SMILES string of the molecule is CC(Oc1cc(C(C=N)C=NC(C)(C)C)cn2nccc12)C1CNC(=O)C1. The van der Waals surface area contributed by atoms with Gasteiger partial charge in [-0.25, -0.2) is 4.52 Å². The number of hydrogen-bond donors (Lipinski definition) is 2. The van der Waals surface area contributed by atoms with Crippen LogP contribution in [0.3, 0.4) is 0 Å². The Bertz CT molecular complexity index is 865. The van der Waals surface area contributed by atoms with Crippen molar-refractivity contribution < 1.29 is 9.53 Å². The normalized spacial score (nSPS) is 20.0. The molecular weight excluding hydrogens is 342 g/mol. The van der Waals surface area contributed by atoms with Crippen LogP contribution in [0.4, 0.5) is 0 Å². The molecule has 0 saturated carbocycles. The molecule has 1 fully saturated rings. The minimum absolute atomic E-state index is 0.0703. The van der Waals surface area contributed by atoms with Gasteiger partial charge < -0.3 is 15.5 Å². The molecule has 3 rings (SSSR count). The number of carbonyl (C=O) groups is 1. The summed E-state index contributed by atoms with van der Waals surface area (Å²) in [6.07, 6.45) is 7.16. The van der Waals surface area contributed by atoms with Gasteiger partial charge >= 0.3 is 0 Å². The van der Waals surface area contributed by atoms with Crippen molar-refractivity contribution in [2.75, 3.05) is 6.54 Å². The Morgan fingerprint density at radius 2 is 2.26 bits per heavy atom. The maximum atomic E-state index is 11.5. The Hall–Kier alpha value is -2.70. The first kappa shape index (κ1) is 19.1. The van der Waals surface area contributed by atoms with Gasteiger partial charge in [0.1, 0.15) is 17.4 Å². The number of fused-ring (bicyclic) bond motifs is 1. The highest BCUT2D eigenvalue weighted by Crippen LogP contribution is 2.28. The molecule has 2 aromatic heterocycles. The van der Waals surface area contributed by atoms with Crippen molar-refractivity contribution >= 4 is 23.9 Å². The largest absolute Gasteiger partial charge is 0.488 e. The van der Waals surface area contributed by atoms with Crippen LogP contribution in [0.15, 0.2) is 29.5 Å². The summed E-state index contributed by atoms with van der Waals surface area (Å²) in [5.41, 5.74) is 1.55. The smallest absolute Gasteiger partial charge is 0.220 e. The van der Waals surface area contributed by atoms with E-state index in [1.54, 1.807) is 16.9 Å². The molecule has 2 aromatic rings. The summed E-state index contributed by atoms with van der Waals surface area (Å²) in [6, 6.07) is 3.84. The van der Waals surface area contributed by atoms with Crippen molar-refractivity contribution in [3.8, 4) is 5.75 Å². The van der Waals surface area contributed by atoms with Gasteiger partial charge in [-0.3, -0.25) is 9.79 Å². The summed E-state index contributed by atoms with van der Waals surface area (Å²) in [5.74, 6) is 0.657. The molecule has 0 aromatic carbocycles. The van der Waals surface area contributed by atoms with Crippen LogP contribution in [-0.4, -0.2) is 46.1 Å². The fraction of sp³-hybridized carbons (Fsp3) is 0.500. The van der Waals surface area contributed by atoms with E-state index in [9.17, 15) is 4.79 Å². The lowest BCUT2D eigenvalue weighted by Gasteiger charge is -2.21. The summed E-state index contributed by atoms with van der Waals surface area (Å²) in [4.78, 5) is 16.0. The van der Waals surface area contributed by atoms with E-state index in [0.717, 1.165) is 11.1 Å². The zero-order valence-electron chi connectivity index (χ0n) is 16.3. The number of pyridine rings is 1. The van der Waals surface area contributed by atoms with E-state index in [4.69, 9.17) is 10.1 Å². The van der Waals surface area contributed by atoms with Crippen LogP contribution >= 0.6 is 0 Å². The zero-order valence-corrected chi connectivity index (χ0v) is 16.3. The van der Waals surface area contributed by atoms with E-state index in [0.29, 0.717) is 18.7 Å². The highest BCUT2D eigenvalue weighted by Gasteiger charge is 2.28. The third-order valence-corrected chi connectivity index (χ3v) is 4.66. The minimum atomic E-state index is -0.259. The van der Waals surface area contributed by atoms with Gasteiger partial charge in [-0.2, -0.15) is 5.10 Å². The first-order valence-corrected chi connectivity index (χ1v) is 9.23. The van der Waals surface area contributed by atoms with Crippen LogP contribution in [0.25, 0.3) is 5.52 Å². The van der Waals surface area contributed by atoms with Gasteiger partial charge in [0.15, 0.2) is 0 Å². The van der Waals surface area contributed by atoms with Crippen LogP contribution < -0.4 is 10.1 Å². The van der Waals surface area contributed by atoms with Gasteiger partial charge in [-0.15, -0.1) is 0 Å². The highest BCUT2D eigenvalue weighted by atomic mass is 16.5. The van der Waals surface area contributed by atoms with Crippen LogP contribution in [0, 0.1) is 11.3 Å². The molecule has 0 aliphatic carbocycles. The lowest BCUT2D eigenvalue weighted by molar-refractivity contribution is -0.119. The summed E-state index contributed by atoms with van der Waals surface area (Å²) >= 11 is 0. The van der Waals surface area contributed by atoms with Crippen LogP contribution in [-0.2, 0) is 4.79 Å². The number of carbonyl (C=O) groups excluding carboxylic acids is 1. The topological polar surface area (TPSA) is 91.8 Å². The van der Waals surface area contributed by atoms with Gasteiger partial charge in [0.05, 0.1) is 17.7 Å². The quantitative estimate of drug-likeness (QED) is 0.767. The molecule has 0 bridgehead atoms. The lowest BCUT2D eigenvalue weighted by atomic mass is 10.0. The third kappa shape index (κ3) is 4.53. The highest BCUT2D eigenvalue weighted by molar-refractivity contribution is 5.89. The van der Waals surface area contributed by atoms with Crippen LogP contribution in [0.5, 0.6) is 5.75 Å². The molecule has 7 nitrogen and oxygen atoms in total. The van der Waals surface area contributed by atoms with Crippen LogP contribution in [0.1, 0.15) is 45.6 Å². The molecule has 1 saturated heterocycles. The molecule has 0 spiro atoms. The van der Waals surface area contributed by atoms with Crippen molar-refractivity contribution in [3.63, 3.8) is 0 Å². The van der Waals surface area contributed by atoms with Crippen molar-refractivity contribution in [1.29, 1.82) is 5.41 Å². The Labute approximate surface area is 159 Å². The summed E-state index contributed by atoms with van der Waals surface area (Å²) in [7, 11) is 0. The lowest BCUT2D eigenvalue weighted by Crippen LogP contribution is -2.26. The Morgan fingerprint density at radius 3 is 2.89 bits per heavy atom. The van der Waals surface area contributed by atoms with E-state index in [1.165, 1.54) is 6.21 Å². The third-order valence-electron chi connectivity index (χ3n) is 4.66. The average Bonchev–Trinajstić information content (AvgIpc) is 3.23. The van der Waals surface area contributed by atoms with Gasteiger partial charge in [0.2, 0.25) is 5.91 Å². The summed E-state index contributed by atoms with van der Waals surface area (Å²) < 4.78 is 7.99. The Balaban J connectivity index is 1.90. The molecule has 3 unspecified atom stereocenters. The minimum Gasteiger partial charge on any atom is -0.488 e. The van der Waals surface area contributed by atoms with E-state index in [-0.39, 0.29) is 29.4 Å². The maximum Gasteiger partial charge on any atom is 0.220 e. The second-order valence-corrected chi connectivity index (χ2v) is 8.03.